The molecule has 1 saturated heterocycles. The third-order valence-corrected chi connectivity index (χ3v) is 8.38. The summed E-state index contributed by atoms with van der Waals surface area (Å²) in [7, 11) is -4.14. The van der Waals surface area contributed by atoms with Crippen LogP contribution in [0.25, 0.3) is 11.1 Å². The van der Waals surface area contributed by atoms with Crippen molar-refractivity contribution >= 4 is 38.5 Å². The van der Waals surface area contributed by atoms with Gasteiger partial charge in [0.2, 0.25) is 17.6 Å². The molecule has 1 N–H and O–H groups in total. The van der Waals surface area contributed by atoms with Crippen molar-refractivity contribution in [2.75, 3.05) is 32.1 Å². The lowest BCUT2D eigenvalue weighted by atomic mass is 10.0. The molecule has 1 aliphatic rings. The molecule has 226 valence electrons. The zero-order valence-electron chi connectivity index (χ0n) is 22.8. The molecule has 3 aromatic rings. The van der Waals surface area contributed by atoms with Crippen LogP contribution in [0.15, 0.2) is 52.9 Å². The van der Waals surface area contributed by atoms with Gasteiger partial charge in [0.25, 0.3) is 5.89 Å². The second-order valence-corrected chi connectivity index (χ2v) is 11.9. The molecule has 1 fully saturated rings. The Morgan fingerprint density at radius 2 is 1.76 bits per heavy atom. The monoisotopic (exact) mass is 607 g/mol. The summed E-state index contributed by atoms with van der Waals surface area (Å²) in [6, 6.07) is 11.1. The molecule has 2 heterocycles. The average molecular weight is 608 g/mol. The van der Waals surface area contributed by atoms with Gasteiger partial charge in [-0.15, -0.1) is 0 Å². The number of rotatable bonds is 13. The Balaban J connectivity index is 1.54. The van der Waals surface area contributed by atoms with Crippen LogP contribution in [0, 0.1) is 5.92 Å². The number of fused-ring (bicyclic) bond motifs is 1. The van der Waals surface area contributed by atoms with Gasteiger partial charge >= 0.3 is 6.61 Å². The number of nitrogens with one attached hydrogen (secondary N) is 1. The number of para-hydroxylation sites is 3. The number of sulfone groups is 1. The molecule has 11 nitrogen and oxygen atoms in total. The van der Waals surface area contributed by atoms with Crippen molar-refractivity contribution in [1.82, 2.24) is 15.2 Å². The molecule has 2 aromatic carbocycles. The number of oxazole rings is 1. The van der Waals surface area contributed by atoms with E-state index >= 15 is 0 Å². The van der Waals surface area contributed by atoms with Crippen molar-refractivity contribution in [3.63, 3.8) is 0 Å². The van der Waals surface area contributed by atoms with E-state index in [2.05, 4.69) is 15.0 Å². The highest BCUT2D eigenvalue weighted by molar-refractivity contribution is 7.90. The first-order chi connectivity index (χ1) is 20.1. The number of carbonyl (C=O) groups excluding carboxylic acids is 3. The number of alkyl halides is 2. The molecule has 0 radical (unpaired) electrons. The molecule has 0 bridgehead atoms. The number of Topliss-reactive ketones (excluding diaryl/α,β-unsaturated/α-hetero) is 1. The minimum Gasteiger partial charge on any atom is -0.435 e. The Labute approximate surface area is 241 Å². The molecular formula is C28H31F2N3O8S. The van der Waals surface area contributed by atoms with Crippen LogP contribution >= 0.6 is 0 Å². The number of ether oxygens (including phenoxy) is 2. The fourth-order valence-corrected chi connectivity index (χ4v) is 6.30. The predicted octanol–water partition coefficient (Wildman–Crippen LogP) is 2.99. The summed E-state index contributed by atoms with van der Waals surface area (Å²) in [5.41, 5.74) is 0.824. The van der Waals surface area contributed by atoms with E-state index in [1.54, 1.807) is 31.2 Å². The first-order valence-corrected chi connectivity index (χ1v) is 15.2. The molecule has 0 saturated carbocycles. The van der Waals surface area contributed by atoms with E-state index in [9.17, 15) is 31.6 Å². The van der Waals surface area contributed by atoms with Gasteiger partial charge in [-0.05, 0) is 24.6 Å². The number of halogens is 2. The fourth-order valence-electron chi connectivity index (χ4n) is 4.59. The summed E-state index contributed by atoms with van der Waals surface area (Å²) >= 11 is 0. The largest absolute Gasteiger partial charge is 0.435 e. The van der Waals surface area contributed by atoms with Crippen LogP contribution in [0.1, 0.15) is 36.0 Å². The molecule has 0 aliphatic carbocycles. The van der Waals surface area contributed by atoms with E-state index in [-0.39, 0.29) is 36.7 Å². The number of hydrogen-bond donors (Lipinski definition) is 1. The van der Waals surface area contributed by atoms with Gasteiger partial charge in [0, 0.05) is 25.1 Å². The number of hydrogen-bond acceptors (Lipinski definition) is 9. The van der Waals surface area contributed by atoms with Crippen molar-refractivity contribution in [1.29, 1.82) is 0 Å². The summed E-state index contributed by atoms with van der Waals surface area (Å²) in [4.78, 5) is 45.3. The van der Waals surface area contributed by atoms with Gasteiger partial charge in [0.1, 0.15) is 11.3 Å². The highest BCUT2D eigenvalue weighted by Gasteiger charge is 2.34. The molecular weight excluding hydrogens is 576 g/mol. The minimum atomic E-state index is -4.14. The number of amides is 2. The zero-order valence-corrected chi connectivity index (χ0v) is 23.6. The Morgan fingerprint density at radius 3 is 2.45 bits per heavy atom. The van der Waals surface area contributed by atoms with Gasteiger partial charge in [0.15, 0.2) is 15.4 Å². The Bertz CT molecular complexity index is 1490. The highest BCUT2D eigenvalue weighted by Crippen LogP contribution is 2.24. The lowest BCUT2D eigenvalue weighted by Crippen LogP contribution is -2.47. The zero-order chi connectivity index (χ0) is 30.3. The minimum absolute atomic E-state index is 0.0194. The number of morpholine rings is 1. The number of nitrogens with zero attached hydrogens (tertiary/aromatic N) is 2. The van der Waals surface area contributed by atoms with Crippen molar-refractivity contribution < 1.29 is 45.5 Å². The van der Waals surface area contributed by atoms with Gasteiger partial charge in [-0.1, -0.05) is 37.3 Å². The van der Waals surface area contributed by atoms with Crippen LogP contribution in [0.3, 0.4) is 0 Å². The van der Waals surface area contributed by atoms with E-state index in [1.807, 2.05) is 0 Å². The van der Waals surface area contributed by atoms with Gasteiger partial charge in [0.05, 0.1) is 36.7 Å². The maximum atomic E-state index is 13.5. The van der Waals surface area contributed by atoms with Crippen molar-refractivity contribution in [2.24, 2.45) is 5.92 Å². The number of benzene rings is 2. The molecule has 0 spiro atoms. The highest BCUT2D eigenvalue weighted by atomic mass is 32.2. The van der Waals surface area contributed by atoms with Crippen LogP contribution in [-0.4, -0.2) is 80.6 Å². The van der Waals surface area contributed by atoms with E-state index < -0.39 is 63.9 Å². The number of carbonyl (C=O) groups is 3. The van der Waals surface area contributed by atoms with E-state index in [0.29, 0.717) is 24.3 Å². The molecule has 42 heavy (non-hydrogen) atoms. The van der Waals surface area contributed by atoms with Crippen molar-refractivity contribution in [3.8, 4) is 5.75 Å². The maximum absolute atomic E-state index is 13.5. The van der Waals surface area contributed by atoms with E-state index in [0.717, 1.165) is 0 Å². The molecule has 2 atom stereocenters. The first kappa shape index (κ1) is 31.0. The van der Waals surface area contributed by atoms with Crippen LogP contribution in [-0.2, 0) is 29.9 Å². The third-order valence-electron chi connectivity index (χ3n) is 6.72. The lowest BCUT2D eigenvalue weighted by molar-refractivity contribution is -0.139. The molecule has 1 aliphatic heterocycles. The maximum Gasteiger partial charge on any atom is 0.387 e. The summed E-state index contributed by atoms with van der Waals surface area (Å²) in [6.45, 7) is -0.339. The summed E-state index contributed by atoms with van der Waals surface area (Å²) in [5, 5.41) is 2.57. The first-order valence-electron chi connectivity index (χ1n) is 13.3. The second-order valence-electron chi connectivity index (χ2n) is 9.76. The molecule has 1 aromatic heterocycles. The summed E-state index contributed by atoms with van der Waals surface area (Å²) in [5.74, 6) is -5.26. The molecule has 14 heteroatoms. The van der Waals surface area contributed by atoms with Crippen molar-refractivity contribution in [3.05, 3.63) is 60.0 Å². The standard InChI is InChI=1S/C28H31F2N3O8S/c1-2-20(25(35)27-32-21-8-4-6-10-23(21)40-27)31-26(36)19(15-24(34)33-11-13-39-14-12-33)17-42(37,38)16-18-7-3-5-9-22(18)41-28(29)30/h3-10,19-20,28H,2,11-17H2,1H3,(H,31,36)/t19?,20-/m0/s1. The normalized spacial score (nSPS) is 15.4. The number of aromatic nitrogens is 1. The fraction of sp³-hybridized carbons (Fsp3) is 0.429. The Kier molecular flexibility index (Phi) is 10.2. The topological polar surface area (TPSA) is 145 Å². The van der Waals surface area contributed by atoms with E-state index in [1.165, 1.54) is 29.2 Å². The lowest BCUT2D eigenvalue weighted by Gasteiger charge is -2.28. The van der Waals surface area contributed by atoms with Gasteiger partial charge < -0.3 is 24.1 Å². The molecule has 1 unspecified atom stereocenters. The molecule has 4 rings (SSSR count). The van der Waals surface area contributed by atoms with Crippen molar-refractivity contribution in [2.45, 2.75) is 38.2 Å². The predicted molar refractivity (Wildman–Crippen MR) is 147 cm³/mol. The second kappa shape index (κ2) is 13.8. The van der Waals surface area contributed by atoms with Crippen LogP contribution in [0.2, 0.25) is 0 Å². The number of ketones is 1. The van der Waals surface area contributed by atoms with Crippen LogP contribution < -0.4 is 10.1 Å². The van der Waals surface area contributed by atoms with Gasteiger partial charge in [-0.25, -0.2) is 13.4 Å². The van der Waals surface area contributed by atoms with Crippen LogP contribution in [0.4, 0.5) is 8.78 Å². The summed E-state index contributed by atoms with van der Waals surface area (Å²) < 4.78 is 67.5. The Morgan fingerprint density at radius 1 is 1.07 bits per heavy atom. The van der Waals surface area contributed by atoms with Gasteiger partial charge in [-0.3, -0.25) is 14.4 Å². The quantitative estimate of drug-likeness (QED) is 0.290. The van der Waals surface area contributed by atoms with Crippen LogP contribution in [0.5, 0.6) is 5.75 Å². The van der Waals surface area contributed by atoms with E-state index in [4.69, 9.17) is 9.15 Å². The third kappa shape index (κ3) is 8.10. The Hall–Kier alpha value is -3.91. The smallest absolute Gasteiger partial charge is 0.387 e. The SMILES string of the molecule is CC[C@H](NC(=O)C(CC(=O)N1CCOCC1)CS(=O)(=O)Cc1ccccc1OC(F)F)C(=O)c1nc2ccccc2o1. The molecule has 2 amide bonds. The van der Waals surface area contributed by atoms with Gasteiger partial charge in [-0.2, -0.15) is 8.78 Å². The summed E-state index contributed by atoms with van der Waals surface area (Å²) in [6.07, 6.45) is -0.313. The average Bonchev–Trinajstić information content (AvgIpc) is 3.40.